The summed E-state index contributed by atoms with van der Waals surface area (Å²) < 4.78 is 4.97. The number of hydrogen-bond donors (Lipinski definition) is 0. The maximum absolute atomic E-state index is 2.49. The third kappa shape index (κ3) is 3.23. The normalized spacial score (nSPS) is 12.8. The molecule has 4 heterocycles. The summed E-state index contributed by atoms with van der Waals surface area (Å²) in [5, 5.41) is 0. The van der Waals surface area contributed by atoms with Gasteiger partial charge in [-0.25, -0.2) is 0 Å². The predicted molar refractivity (Wildman–Crippen MR) is 144 cm³/mol. The number of hydrogen-bond acceptors (Lipinski definition) is 0. The van der Waals surface area contributed by atoms with Gasteiger partial charge >= 0.3 is 5.66 Å². The van der Waals surface area contributed by atoms with E-state index in [1.165, 1.54) is 44.8 Å². The number of pyridine rings is 2. The van der Waals surface area contributed by atoms with E-state index in [9.17, 15) is 0 Å². The summed E-state index contributed by atoms with van der Waals surface area (Å²) in [6.45, 7) is 16.0. The highest BCUT2D eigenvalue weighted by Crippen LogP contribution is 2.52. The van der Waals surface area contributed by atoms with Gasteiger partial charge in [0.2, 0.25) is 11.4 Å². The minimum Gasteiger partial charge on any atom is -0.126 e. The van der Waals surface area contributed by atoms with E-state index in [0.717, 1.165) is 6.42 Å². The monoisotopic (exact) mass is 452 g/mol. The van der Waals surface area contributed by atoms with Gasteiger partial charge in [-0.05, 0) is 41.8 Å². The summed E-state index contributed by atoms with van der Waals surface area (Å²) in [4.78, 5) is 0. The van der Waals surface area contributed by atoms with Crippen molar-refractivity contribution >= 4 is 0 Å². The highest BCUT2D eigenvalue weighted by atomic mass is 15.3. The lowest BCUT2D eigenvalue weighted by Gasteiger charge is -2.25. The third-order valence-electron chi connectivity index (χ3n) is 6.35. The number of benzene rings is 2. The van der Waals surface area contributed by atoms with Gasteiger partial charge < -0.3 is 0 Å². The second kappa shape index (κ2) is 10.8. The Morgan fingerprint density at radius 3 is 1.32 bits per heavy atom. The Morgan fingerprint density at radius 1 is 0.500 bits per heavy atom. The maximum Gasteiger partial charge on any atom is 0.418 e. The fourth-order valence-electron chi connectivity index (χ4n) is 5.56. The summed E-state index contributed by atoms with van der Waals surface area (Å²) >= 11 is 0. The van der Waals surface area contributed by atoms with Crippen LogP contribution >= 0.6 is 0 Å². The summed E-state index contributed by atoms with van der Waals surface area (Å²) in [5.41, 5.74) is 10.9. The van der Waals surface area contributed by atoms with E-state index in [1.54, 1.807) is 0 Å². The van der Waals surface area contributed by atoms with E-state index in [0.29, 0.717) is 0 Å². The minimum atomic E-state index is -0.288. The SMILES string of the molecule is CC.CC.CC.CC.c1cc2c3c(c1)-c1cccc[n+]1C31c3c(cccc3-c3cccc[n+]31)C2. The van der Waals surface area contributed by atoms with Gasteiger partial charge in [-0.2, -0.15) is 0 Å². The van der Waals surface area contributed by atoms with Crippen LogP contribution in [-0.4, -0.2) is 0 Å². The summed E-state index contributed by atoms with van der Waals surface area (Å²) in [7, 11) is 0. The molecule has 0 radical (unpaired) electrons. The zero-order valence-electron chi connectivity index (χ0n) is 22.2. The van der Waals surface area contributed by atoms with Gasteiger partial charge in [-0.1, -0.05) is 79.7 Å². The summed E-state index contributed by atoms with van der Waals surface area (Å²) in [6, 6.07) is 26.7. The Kier molecular flexibility index (Phi) is 8.04. The number of nitrogens with zero attached hydrogens (tertiary/aromatic N) is 2. The topological polar surface area (TPSA) is 7.76 Å². The lowest BCUT2D eigenvalue weighted by atomic mass is 9.77. The van der Waals surface area contributed by atoms with Crippen LogP contribution in [0.1, 0.15) is 77.6 Å². The van der Waals surface area contributed by atoms with E-state index >= 15 is 0 Å². The van der Waals surface area contributed by atoms with Gasteiger partial charge in [0.15, 0.2) is 12.4 Å². The highest BCUT2D eigenvalue weighted by Gasteiger charge is 2.69. The van der Waals surface area contributed by atoms with E-state index < -0.39 is 0 Å². The predicted octanol–water partition coefficient (Wildman–Crippen LogP) is 7.53. The molecule has 0 bridgehead atoms. The first kappa shape index (κ1) is 25.4. The molecule has 2 heteroatoms. The second-order valence-electron chi connectivity index (χ2n) is 7.44. The van der Waals surface area contributed by atoms with Gasteiger partial charge in [0, 0.05) is 24.3 Å². The van der Waals surface area contributed by atoms with Gasteiger partial charge in [-0.3, -0.25) is 0 Å². The molecule has 1 aliphatic carbocycles. The average Bonchev–Trinajstić information content (AvgIpc) is 3.42. The highest BCUT2D eigenvalue weighted by molar-refractivity contribution is 5.78. The average molecular weight is 453 g/mol. The molecule has 0 N–H and O–H groups in total. The van der Waals surface area contributed by atoms with Crippen LogP contribution in [-0.2, 0) is 12.1 Å². The van der Waals surface area contributed by atoms with Crippen LogP contribution in [0.5, 0.6) is 0 Å². The molecule has 3 aliphatic rings. The van der Waals surface area contributed by atoms with Crippen LogP contribution in [0.3, 0.4) is 0 Å². The van der Waals surface area contributed by atoms with Crippen molar-refractivity contribution in [3.8, 4) is 22.5 Å². The van der Waals surface area contributed by atoms with Crippen molar-refractivity contribution < 1.29 is 9.13 Å². The van der Waals surface area contributed by atoms with Gasteiger partial charge in [-0.15, -0.1) is 9.13 Å². The smallest absolute Gasteiger partial charge is 0.126 e. The van der Waals surface area contributed by atoms with Crippen LogP contribution in [0, 0.1) is 0 Å². The molecular formula is C32H40N2+2. The molecule has 34 heavy (non-hydrogen) atoms. The molecule has 1 spiro atoms. The molecule has 0 amide bonds. The van der Waals surface area contributed by atoms with Gasteiger partial charge in [0.25, 0.3) is 0 Å². The van der Waals surface area contributed by atoms with Crippen LogP contribution in [0.15, 0.2) is 85.2 Å². The Hall–Kier alpha value is -3.26. The van der Waals surface area contributed by atoms with Crippen molar-refractivity contribution in [2.75, 3.05) is 0 Å². The summed E-state index contributed by atoms with van der Waals surface area (Å²) in [6.07, 6.45) is 5.51. The molecule has 0 saturated heterocycles. The van der Waals surface area contributed by atoms with Crippen LogP contribution in [0.4, 0.5) is 0 Å². The Balaban J connectivity index is 0.000000371. The molecule has 176 valence electrons. The van der Waals surface area contributed by atoms with Crippen molar-refractivity contribution in [2.45, 2.75) is 67.5 Å². The molecular weight excluding hydrogens is 412 g/mol. The molecule has 2 aromatic heterocycles. The Bertz CT molecular complexity index is 1170. The molecule has 0 fully saturated rings. The number of aromatic nitrogens is 2. The molecule has 0 unspecified atom stereocenters. The van der Waals surface area contributed by atoms with Gasteiger partial charge in [0.05, 0.1) is 11.1 Å². The first-order valence-electron chi connectivity index (χ1n) is 13.2. The lowest BCUT2D eigenvalue weighted by molar-refractivity contribution is -0.955. The molecule has 2 aromatic carbocycles. The Labute approximate surface area is 206 Å². The van der Waals surface area contributed by atoms with Crippen LogP contribution in [0.25, 0.3) is 22.5 Å². The van der Waals surface area contributed by atoms with Crippen molar-refractivity contribution in [3.05, 3.63) is 107 Å². The maximum atomic E-state index is 2.49. The zero-order valence-corrected chi connectivity index (χ0v) is 22.2. The van der Waals surface area contributed by atoms with E-state index in [1.807, 2.05) is 55.4 Å². The quantitative estimate of drug-likeness (QED) is 0.210. The van der Waals surface area contributed by atoms with Crippen molar-refractivity contribution in [2.24, 2.45) is 0 Å². The van der Waals surface area contributed by atoms with Crippen LogP contribution < -0.4 is 9.13 Å². The first-order chi connectivity index (χ1) is 16.9. The molecule has 4 aromatic rings. The molecule has 0 atom stereocenters. The van der Waals surface area contributed by atoms with Crippen LogP contribution in [0.2, 0.25) is 0 Å². The molecule has 0 saturated carbocycles. The molecule has 2 aliphatic heterocycles. The van der Waals surface area contributed by atoms with E-state index in [4.69, 9.17) is 0 Å². The minimum absolute atomic E-state index is 0.288. The van der Waals surface area contributed by atoms with Gasteiger partial charge in [0.1, 0.15) is 11.1 Å². The largest absolute Gasteiger partial charge is 0.418 e. The molecule has 7 rings (SSSR count). The fourth-order valence-corrected chi connectivity index (χ4v) is 5.56. The lowest BCUT2D eigenvalue weighted by Crippen LogP contribution is -2.72. The summed E-state index contributed by atoms with van der Waals surface area (Å²) in [5.74, 6) is 0. The molecule has 2 nitrogen and oxygen atoms in total. The first-order valence-corrected chi connectivity index (χ1v) is 13.2. The van der Waals surface area contributed by atoms with E-state index in [-0.39, 0.29) is 5.66 Å². The number of rotatable bonds is 0. The standard InChI is InChI=1S/C24H16N2.4C2H6/c1-3-13-25-20(11-1)18-9-5-7-16-15-17-8-6-10-19-21-12-2-4-14-26(21)24(25,22(16)18)23(17)19;4*1-2/h1-14H,15H2;4*1-2H3/q+2;;;;. The third-order valence-corrected chi connectivity index (χ3v) is 6.35. The van der Waals surface area contributed by atoms with Crippen molar-refractivity contribution in [1.29, 1.82) is 0 Å². The van der Waals surface area contributed by atoms with E-state index in [2.05, 4.69) is 94.3 Å². The van der Waals surface area contributed by atoms with Crippen molar-refractivity contribution in [1.82, 2.24) is 0 Å². The number of fused-ring (bicyclic) bond motifs is 4. The second-order valence-corrected chi connectivity index (χ2v) is 7.44. The Morgan fingerprint density at radius 2 is 0.912 bits per heavy atom. The fraction of sp³-hybridized carbons (Fsp3) is 0.312. The van der Waals surface area contributed by atoms with Crippen molar-refractivity contribution in [3.63, 3.8) is 0 Å². The zero-order chi connectivity index (χ0) is 24.9.